The quantitative estimate of drug-likeness (QED) is 0.376. The molecule has 1 aromatic rings. The lowest BCUT2D eigenvalue weighted by atomic mass is 10.2. The fraction of sp³-hybridized carbons (Fsp3) is 0.273. The van der Waals surface area contributed by atoms with Gasteiger partial charge in [-0.1, -0.05) is 0 Å². The average Bonchev–Trinajstić information content (AvgIpc) is 2.36. The topological polar surface area (TPSA) is 93.4 Å². The first kappa shape index (κ1) is 13.0. The summed E-state index contributed by atoms with van der Waals surface area (Å²) in [5, 5.41) is 2.61. The average molecular weight is 237 g/mol. The Labute approximate surface area is 99.1 Å². The van der Waals surface area contributed by atoms with E-state index in [1.54, 1.807) is 24.3 Å². The molecule has 0 saturated carbocycles. The highest BCUT2D eigenvalue weighted by atomic mass is 16.5. The first-order valence-corrected chi connectivity index (χ1v) is 5.18. The van der Waals surface area contributed by atoms with Crippen LogP contribution in [0.1, 0.15) is 17.3 Å². The maximum absolute atomic E-state index is 11.1. The molecule has 0 bridgehead atoms. The van der Waals surface area contributed by atoms with E-state index in [4.69, 9.17) is 10.6 Å². The van der Waals surface area contributed by atoms with E-state index in [9.17, 15) is 9.59 Å². The van der Waals surface area contributed by atoms with Gasteiger partial charge >= 0.3 is 0 Å². The van der Waals surface area contributed by atoms with Gasteiger partial charge in [-0.3, -0.25) is 15.0 Å². The van der Waals surface area contributed by atoms with E-state index in [0.717, 1.165) is 0 Å². The molecule has 6 heteroatoms. The van der Waals surface area contributed by atoms with Crippen LogP contribution < -0.4 is 21.3 Å². The van der Waals surface area contributed by atoms with Crippen LogP contribution >= 0.6 is 0 Å². The van der Waals surface area contributed by atoms with Gasteiger partial charge in [-0.15, -0.1) is 0 Å². The van der Waals surface area contributed by atoms with Crippen molar-refractivity contribution in [2.45, 2.75) is 6.92 Å². The maximum atomic E-state index is 11.1. The van der Waals surface area contributed by atoms with Crippen LogP contribution in [0.25, 0.3) is 0 Å². The molecule has 6 nitrogen and oxygen atoms in total. The Morgan fingerprint density at radius 2 is 1.94 bits per heavy atom. The van der Waals surface area contributed by atoms with Crippen molar-refractivity contribution in [3.05, 3.63) is 29.8 Å². The van der Waals surface area contributed by atoms with Crippen LogP contribution in [-0.4, -0.2) is 25.0 Å². The van der Waals surface area contributed by atoms with Gasteiger partial charge in [0.1, 0.15) is 5.75 Å². The van der Waals surface area contributed by atoms with Crippen molar-refractivity contribution in [2.24, 2.45) is 5.84 Å². The smallest absolute Gasteiger partial charge is 0.265 e. The minimum atomic E-state index is -0.375. The van der Waals surface area contributed by atoms with Crippen molar-refractivity contribution in [2.75, 3.05) is 13.2 Å². The number of amides is 2. The van der Waals surface area contributed by atoms with E-state index in [-0.39, 0.29) is 18.4 Å². The van der Waals surface area contributed by atoms with Gasteiger partial charge in [0.05, 0.1) is 0 Å². The van der Waals surface area contributed by atoms with Crippen molar-refractivity contribution in [3.8, 4) is 5.75 Å². The van der Waals surface area contributed by atoms with Gasteiger partial charge in [0.15, 0.2) is 6.61 Å². The zero-order valence-corrected chi connectivity index (χ0v) is 9.53. The van der Waals surface area contributed by atoms with Crippen LogP contribution in [0.3, 0.4) is 0 Å². The number of hydrazine groups is 1. The highest BCUT2D eigenvalue weighted by Gasteiger charge is 2.04. The van der Waals surface area contributed by atoms with Crippen molar-refractivity contribution in [1.82, 2.24) is 10.7 Å². The minimum absolute atomic E-state index is 0.0454. The lowest BCUT2D eigenvalue weighted by molar-refractivity contribution is -0.122. The van der Waals surface area contributed by atoms with Crippen LogP contribution in [-0.2, 0) is 4.79 Å². The molecule has 0 aromatic heterocycles. The molecule has 0 atom stereocenters. The van der Waals surface area contributed by atoms with Gasteiger partial charge < -0.3 is 10.1 Å². The molecule has 2 amide bonds. The van der Waals surface area contributed by atoms with Gasteiger partial charge in [-0.2, -0.15) is 0 Å². The van der Waals surface area contributed by atoms with Crippen molar-refractivity contribution in [3.63, 3.8) is 0 Å². The second-order valence-corrected chi connectivity index (χ2v) is 3.24. The zero-order chi connectivity index (χ0) is 12.7. The molecular weight excluding hydrogens is 222 g/mol. The lowest BCUT2D eigenvalue weighted by Crippen LogP contribution is -2.30. The number of carbonyl (C=O) groups excluding carboxylic acids is 2. The fourth-order valence-corrected chi connectivity index (χ4v) is 1.18. The molecule has 4 N–H and O–H groups in total. The van der Waals surface area contributed by atoms with Gasteiger partial charge in [0.2, 0.25) is 0 Å². The molecule has 1 aromatic carbocycles. The SMILES string of the molecule is CCNC(=O)COc1ccc(C(=O)NN)cc1. The molecule has 1 rings (SSSR count). The van der Waals surface area contributed by atoms with E-state index < -0.39 is 0 Å². The Bertz CT molecular complexity index is 389. The third kappa shape index (κ3) is 4.12. The Balaban J connectivity index is 2.51. The van der Waals surface area contributed by atoms with Gasteiger partial charge in [0.25, 0.3) is 11.8 Å². The number of rotatable bonds is 5. The summed E-state index contributed by atoms with van der Waals surface area (Å²) < 4.78 is 5.21. The molecule has 0 aliphatic heterocycles. The maximum Gasteiger partial charge on any atom is 0.265 e. The number of ether oxygens (including phenoxy) is 1. The third-order valence-electron chi connectivity index (χ3n) is 1.99. The van der Waals surface area contributed by atoms with Crippen molar-refractivity contribution < 1.29 is 14.3 Å². The van der Waals surface area contributed by atoms with Gasteiger partial charge in [-0.05, 0) is 31.2 Å². The van der Waals surface area contributed by atoms with Gasteiger partial charge in [-0.25, -0.2) is 5.84 Å². The van der Waals surface area contributed by atoms with Crippen LogP contribution in [0.2, 0.25) is 0 Å². The fourth-order valence-electron chi connectivity index (χ4n) is 1.18. The third-order valence-corrected chi connectivity index (χ3v) is 1.99. The molecule has 0 aliphatic carbocycles. The number of nitrogens with one attached hydrogen (secondary N) is 2. The number of nitrogens with two attached hydrogens (primary N) is 1. The Hall–Kier alpha value is -2.08. The second kappa shape index (κ2) is 6.49. The Morgan fingerprint density at radius 3 is 2.47 bits per heavy atom. The van der Waals surface area contributed by atoms with Crippen molar-refractivity contribution >= 4 is 11.8 Å². The van der Waals surface area contributed by atoms with Crippen LogP contribution in [0.5, 0.6) is 5.75 Å². The molecule has 0 saturated heterocycles. The summed E-state index contributed by atoms with van der Waals surface area (Å²) >= 11 is 0. The molecule has 0 aliphatic rings. The highest BCUT2D eigenvalue weighted by Crippen LogP contribution is 2.11. The Kier molecular flexibility index (Phi) is 4.96. The number of hydrogen-bond donors (Lipinski definition) is 3. The second-order valence-electron chi connectivity index (χ2n) is 3.24. The van der Waals surface area contributed by atoms with Crippen LogP contribution in [0.4, 0.5) is 0 Å². The summed E-state index contributed by atoms with van der Waals surface area (Å²) in [5.74, 6) is 4.95. The molecule has 0 heterocycles. The minimum Gasteiger partial charge on any atom is -0.484 e. The molecule has 17 heavy (non-hydrogen) atoms. The summed E-state index contributed by atoms with van der Waals surface area (Å²) in [6, 6.07) is 6.33. The zero-order valence-electron chi connectivity index (χ0n) is 9.53. The van der Waals surface area contributed by atoms with Crippen LogP contribution in [0.15, 0.2) is 24.3 Å². The summed E-state index contributed by atoms with van der Waals surface area (Å²) in [7, 11) is 0. The highest BCUT2D eigenvalue weighted by molar-refractivity contribution is 5.93. The number of nitrogen functional groups attached to an aromatic ring is 1. The summed E-state index contributed by atoms with van der Waals surface area (Å²) in [6.07, 6.45) is 0. The first-order valence-electron chi connectivity index (χ1n) is 5.18. The number of likely N-dealkylation sites (N-methyl/N-ethyl adjacent to an activating group) is 1. The first-order chi connectivity index (χ1) is 8.17. The van der Waals surface area contributed by atoms with Gasteiger partial charge in [0, 0.05) is 12.1 Å². The predicted molar refractivity (Wildman–Crippen MR) is 62.3 cm³/mol. The summed E-state index contributed by atoms with van der Waals surface area (Å²) in [6.45, 7) is 2.35. The van der Waals surface area contributed by atoms with Crippen molar-refractivity contribution in [1.29, 1.82) is 0 Å². The molecule has 0 unspecified atom stereocenters. The normalized spacial score (nSPS) is 9.53. The molecule has 0 radical (unpaired) electrons. The van der Waals surface area contributed by atoms with E-state index in [1.165, 1.54) is 0 Å². The molecular formula is C11H15N3O3. The monoisotopic (exact) mass is 237 g/mol. The van der Waals surface area contributed by atoms with E-state index >= 15 is 0 Å². The van der Waals surface area contributed by atoms with E-state index in [0.29, 0.717) is 17.9 Å². The standard InChI is InChI=1S/C11H15N3O3/c1-2-13-10(15)7-17-9-5-3-8(4-6-9)11(16)14-12/h3-6H,2,7,12H2,1H3,(H,13,15)(H,14,16). The largest absolute Gasteiger partial charge is 0.484 e. The predicted octanol–water partition coefficient (Wildman–Crippen LogP) is -0.195. The summed E-state index contributed by atoms with van der Waals surface area (Å²) in [5.41, 5.74) is 2.45. The van der Waals surface area contributed by atoms with Crippen LogP contribution in [0, 0.1) is 0 Å². The van der Waals surface area contributed by atoms with E-state index in [2.05, 4.69) is 5.32 Å². The molecule has 0 fully saturated rings. The molecule has 92 valence electrons. The number of benzene rings is 1. The number of carbonyl (C=O) groups is 2. The Morgan fingerprint density at radius 1 is 1.29 bits per heavy atom. The summed E-state index contributed by atoms with van der Waals surface area (Å²) in [4.78, 5) is 22.3. The molecule has 0 spiro atoms. The van der Waals surface area contributed by atoms with E-state index in [1.807, 2.05) is 12.3 Å². The lowest BCUT2D eigenvalue weighted by Gasteiger charge is -2.06. The number of hydrogen-bond acceptors (Lipinski definition) is 4.